The number of nitrogens with zero attached hydrogens (tertiary/aromatic N) is 1. The molecule has 0 saturated carbocycles. The maximum atomic E-state index is 11.0. The van der Waals surface area contributed by atoms with E-state index in [4.69, 9.17) is 14.6 Å². The summed E-state index contributed by atoms with van der Waals surface area (Å²) in [6, 6.07) is 3.04. The summed E-state index contributed by atoms with van der Waals surface area (Å²) in [6.45, 7) is 2.10. The summed E-state index contributed by atoms with van der Waals surface area (Å²) < 4.78 is 11.3. The van der Waals surface area contributed by atoms with Gasteiger partial charge in [0.25, 0.3) is 0 Å². The van der Waals surface area contributed by atoms with Gasteiger partial charge in [-0.2, -0.15) is 0 Å². The Morgan fingerprint density at radius 3 is 2.53 bits per heavy atom. The molecule has 1 atom stereocenters. The summed E-state index contributed by atoms with van der Waals surface area (Å²) in [7, 11) is 4.92. The van der Waals surface area contributed by atoms with Crippen molar-refractivity contribution in [3.8, 4) is 11.5 Å². The van der Waals surface area contributed by atoms with Gasteiger partial charge in [0.15, 0.2) is 0 Å². The highest BCUT2D eigenvalue weighted by molar-refractivity contribution is 9.10. The molecule has 106 valence electrons. The molecular weight excluding hydrogens is 314 g/mol. The van der Waals surface area contributed by atoms with E-state index in [-0.39, 0.29) is 0 Å². The van der Waals surface area contributed by atoms with Crippen LogP contribution in [0.2, 0.25) is 0 Å². The summed E-state index contributed by atoms with van der Waals surface area (Å²) in [6.07, 6.45) is 0. The summed E-state index contributed by atoms with van der Waals surface area (Å²) >= 11 is 3.46. The zero-order chi connectivity index (χ0) is 14.6. The van der Waals surface area contributed by atoms with Crippen LogP contribution in [-0.4, -0.2) is 43.3 Å². The van der Waals surface area contributed by atoms with Crippen LogP contribution in [0.25, 0.3) is 0 Å². The Kier molecular flexibility index (Phi) is 5.62. The number of carboxylic acid groups (broad SMARTS) is 1. The van der Waals surface area contributed by atoms with Gasteiger partial charge in [-0.25, -0.2) is 0 Å². The number of carbonyl (C=O) groups is 1. The zero-order valence-corrected chi connectivity index (χ0v) is 13.0. The molecule has 0 aromatic heterocycles. The van der Waals surface area contributed by atoms with Crippen LogP contribution in [0.5, 0.6) is 11.5 Å². The minimum atomic E-state index is -0.855. The number of benzene rings is 1. The predicted molar refractivity (Wildman–Crippen MR) is 75.8 cm³/mol. The highest BCUT2D eigenvalue weighted by Gasteiger charge is 2.20. The van der Waals surface area contributed by atoms with Crippen LogP contribution >= 0.6 is 15.9 Å². The van der Waals surface area contributed by atoms with E-state index in [1.807, 2.05) is 6.07 Å². The lowest BCUT2D eigenvalue weighted by atomic mass is 10.1. The van der Waals surface area contributed by atoms with Crippen LogP contribution in [-0.2, 0) is 11.3 Å². The molecule has 0 fully saturated rings. The van der Waals surface area contributed by atoms with Gasteiger partial charge in [-0.05, 0) is 20.0 Å². The Labute approximate surface area is 121 Å². The molecule has 1 aromatic rings. The minimum Gasteiger partial charge on any atom is -0.497 e. The SMILES string of the molecule is COc1cc(Br)c(CN(C)C(C)C(=O)O)c(OC)c1. The minimum absolute atomic E-state index is 0.460. The number of aliphatic carboxylic acids is 1. The molecule has 1 aromatic carbocycles. The van der Waals surface area contributed by atoms with Crippen LogP contribution < -0.4 is 9.47 Å². The average molecular weight is 332 g/mol. The van der Waals surface area contributed by atoms with Gasteiger partial charge >= 0.3 is 5.97 Å². The smallest absolute Gasteiger partial charge is 0.320 e. The van der Waals surface area contributed by atoms with Gasteiger partial charge in [0.2, 0.25) is 0 Å². The van der Waals surface area contributed by atoms with Crippen LogP contribution in [0.4, 0.5) is 0 Å². The first-order valence-corrected chi connectivity index (χ1v) is 6.53. The van der Waals surface area contributed by atoms with Crippen molar-refractivity contribution in [1.29, 1.82) is 0 Å². The standard InChI is InChI=1S/C13H18BrNO4/c1-8(13(16)17)15(2)7-10-11(14)5-9(18-3)6-12(10)19-4/h5-6,8H,7H2,1-4H3,(H,16,17). The molecule has 1 N–H and O–H groups in total. The lowest BCUT2D eigenvalue weighted by molar-refractivity contribution is -0.142. The quantitative estimate of drug-likeness (QED) is 0.867. The normalized spacial score (nSPS) is 12.3. The third-order valence-corrected chi connectivity index (χ3v) is 3.72. The highest BCUT2D eigenvalue weighted by atomic mass is 79.9. The van der Waals surface area contributed by atoms with Crippen molar-refractivity contribution in [2.24, 2.45) is 0 Å². The first-order valence-electron chi connectivity index (χ1n) is 5.74. The number of methoxy groups -OCH3 is 2. The van der Waals surface area contributed by atoms with Gasteiger partial charge in [-0.15, -0.1) is 0 Å². The van der Waals surface area contributed by atoms with Gasteiger partial charge in [0.1, 0.15) is 17.5 Å². The van der Waals surface area contributed by atoms with E-state index in [9.17, 15) is 4.79 Å². The summed E-state index contributed by atoms with van der Waals surface area (Å²) in [4.78, 5) is 12.7. The lowest BCUT2D eigenvalue weighted by Crippen LogP contribution is -2.35. The molecule has 0 aliphatic heterocycles. The van der Waals surface area contributed by atoms with Crippen molar-refractivity contribution in [2.75, 3.05) is 21.3 Å². The van der Waals surface area contributed by atoms with Gasteiger partial charge < -0.3 is 14.6 Å². The Morgan fingerprint density at radius 2 is 2.05 bits per heavy atom. The van der Waals surface area contributed by atoms with Crippen LogP contribution in [0.1, 0.15) is 12.5 Å². The number of likely N-dealkylation sites (N-methyl/N-ethyl adjacent to an activating group) is 1. The van der Waals surface area contributed by atoms with E-state index in [1.165, 1.54) is 0 Å². The summed E-state index contributed by atoms with van der Waals surface area (Å²) in [5.41, 5.74) is 0.888. The largest absolute Gasteiger partial charge is 0.497 e. The molecule has 6 heteroatoms. The van der Waals surface area contributed by atoms with Crippen molar-refractivity contribution in [3.63, 3.8) is 0 Å². The summed E-state index contributed by atoms with van der Waals surface area (Å²) in [5.74, 6) is 0.489. The van der Waals surface area contributed by atoms with E-state index in [0.29, 0.717) is 18.0 Å². The number of rotatable bonds is 6. The van der Waals surface area contributed by atoms with Gasteiger partial charge in [-0.3, -0.25) is 9.69 Å². The van der Waals surface area contributed by atoms with Crippen LogP contribution in [0, 0.1) is 0 Å². The predicted octanol–water partition coefficient (Wildman–Crippen LogP) is 2.37. The monoisotopic (exact) mass is 331 g/mol. The second-order valence-corrected chi connectivity index (χ2v) is 5.07. The highest BCUT2D eigenvalue weighted by Crippen LogP contribution is 2.33. The molecule has 0 spiro atoms. The Hall–Kier alpha value is -1.27. The van der Waals surface area contributed by atoms with Crippen LogP contribution in [0.15, 0.2) is 16.6 Å². The third-order valence-electron chi connectivity index (χ3n) is 3.01. The first kappa shape index (κ1) is 15.8. The van der Waals surface area contributed by atoms with Crippen molar-refractivity contribution in [2.45, 2.75) is 19.5 Å². The van der Waals surface area contributed by atoms with E-state index in [1.54, 1.807) is 39.2 Å². The topological polar surface area (TPSA) is 59.0 Å². The Bertz CT molecular complexity index is 464. The maximum absolute atomic E-state index is 11.0. The molecule has 0 radical (unpaired) electrons. The Balaban J connectivity index is 3.03. The van der Waals surface area contributed by atoms with Crippen molar-refractivity contribution >= 4 is 21.9 Å². The fourth-order valence-corrected chi connectivity index (χ4v) is 2.16. The molecular formula is C13H18BrNO4. The number of hydrogen-bond donors (Lipinski definition) is 1. The molecule has 0 heterocycles. The molecule has 1 unspecified atom stereocenters. The number of ether oxygens (including phenoxy) is 2. The maximum Gasteiger partial charge on any atom is 0.320 e. The molecule has 0 aliphatic rings. The fourth-order valence-electron chi connectivity index (χ4n) is 1.62. The van der Waals surface area contributed by atoms with E-state index in [0.717, 1.165) is 10.0 Å². The average Bonchev–Trinajstić information content (AvgIpc) is 2.39. The van der Waals surface area contributed by atoms with E-state index < -0.39 is 12.0 Å². The van der Waals surface area contributed by atoms with E-state index >= 15 is 0 Å². The number of hydrogen-bond acceptors (Lipinski definition) is 4. The first-order chi connectivity index (χ1) is 8.90. The number of halogens is 1. The van der Waals surface area contributed by atoms with Crippen molar-refractivity contribution in [3.05, 3.63) is 22.2 Å². The van der Waals surface area contributed by atoms with Crippen molar-refractivity contribution in [1.82, 2.24) is 4.90 Å². The molecule has 0 aliphatic carbocycles. The molecule has 19 heavy (non-hydrogen) atoms. The summed E-state index contributed by atoms with van der Waals surface area (Å²) in [5, 5.41) is 9.00. The third kappa shape index (κ3) is 3.84. The molecule has 0 amide bonds. The zero-order valence-electron chi connectivity index (χ0n) is 11.4. The van der Waals surface area contributed by atoms with Gasteiger partial charge in [-0.1, -0.05) is 15.9 Å². The molecule has 0 saturated heterocycles. The molecule has 0 bridgehead atoms. The Morgan fingerprint density at radius 1 is 1.42 bits per heavy atom. The fraction of sp³-hybridized carbons (Fsp3) is 0.462. The number of carboxylic acids is 1. The molecule has 1 rings (SSSR count). The van der Waals surface area contributed by atoms with Crippen molar-refractivity contribution < 1.29 is 19.4 Å². The van der Waals surface area contributed by atoms with Gasteiger partial charge in [0, 0.05) is 22.6 Å². The van der Waals surface area contributed by atoms with Gasteiger partial charge in [0.05, 0.1) is 14.2 Å². The second-order valence-electron chi connectivity index (χ2n) is 4.22. The van der Waals surface area contributed by atoms with Crippen LogP contribution in [0.3, 0.4) is 0 Å². The second kappa shape index (κ2) is 6.77. The molecule has 5 nitrogen and oxygen atoms in total. The van der Waals surface area contributed by atoms with E-state index in [2.05, 4.69) is 15.9 Å². The lowest BCUT2D eigenvalue weighted by Gasteiger charge is -2.23.